The maximum Gasteiger partial charge on any atom is 0.0485 e. The first-order valence-corrected chi connectivity index (χ1v) is 6.69. The van der Waals surface area contributed by atoms with E-state index in [1.165, 1.54) is 48.7 Å². The van der Waals surface area contributed by atoms with E-state index in [0.717, 1.165) is 0 Å². The highest BCUT2D eigenvalue weighted by atomic mass is 15.0. The first kappa shape index (κ1) is 10.8. The molecule has 1 fully saturated rings. The van der Waals surface area contributed by atoms with Gasteiger partial charge in [-0.3, -0.25) is 0 Å². The molecule has 2 nitrogen and oxygen atoms in total. The molecule has 90 valence electrons. The Bertz CT molecular complexity index is 507. The molecule has 1 aliphatic rings. The number of nitrogens with zero attached hydrogens (tertiary/aromatic N) is 1. The quantitative estimate of drug-likeness (QED) is 0.836. The van der Waals surface area contributed by atoms with Crippen LogP contribution in [-0.4, -0.2) is 4.57 Å². The van der Waals surface area contributed by atoms with Crippen molar-refractivity contribution in [1.82, 2.24) is 4.57 Å². The van der Waals surface area contributed by atoms with Crippen molar-refractivity contribution in [3.63, 3.8) is 0 Å². The van der Waals surface area contributed by atoms with Crippen LogP contribution in [0.5, 0.6) is 0 Å². The van der Waals surface area contributed by atoms with Crippen LogP contribution < -0.4 is 5.73 Å². The molecular weight excluding hydrogens is 208 g/mol. The standard InChI is InChI=1S/C15H20N2/c16-11-14-10-12-6-4-5-9-15(12)17(14)13-7-2-1-3-8-13/h4-6,9-10,13H,1-3,7-8,11,16H2. The molecule has 2 N–H and O–H groups in total. The lowest BCUT2D eigenvalue weighted by Crippen LogP contribution is -2.16. The van der Waals surface area contributed by atoms with Gasteiger partial charge in [0.15, 0.2) is 0 Å². The first-order valence-electron chi connectivity index (χ1n) is 6.69. The van der Waals surface area contributed by atoms with Gasteiger partial charge < -0.3 is 10.3 Å². The minimum Gasteiger partial charge on any atom is -0.340 e. The zero-order valence-corrected chi connectivity index (χ0v) is 10.2. The number of hydrogen-bond acceptors (Lipinski definition) is 1. The Morgan fingerprint density at radius 1 is 1.12 bits per heavy atom. The molecule has 0 atom stereocenters. The maximum absolute atomic E-state index is 5.90. The molecule has 0 bridgehead atoms. The fourth-order valence-corrected chi connectivity index (χ4v) is 3.16. The van der Waals surface area contributed by atoms with Gasteiger partial charge in [-0.1, -0.05) is 37.5 Å². The summed E-state index contributed by atoms with van der Waals surface area (Å²) in [7, 11) is 0. The molecule has 0 saturated heterocycles. The van der Waals surface area contributed by atoms with E-state index in [1.54, 1.807) is 0 Å². The van der Waals surface area contributed by atoms with Crippen molar-refractivity contribution in [2.75, 3.05) is 0 Å². The summed E-state index contributed by atoms with van der Waals surface area (Å²) in [4.78, 5) is 0. The van der Waals surface area contributed by atoms with Gasteiger partial charge in [0.25, 0.3) is 0 Å². The smallest absolute Gasteiger partial charge is 0.0485 e. The molecule has 3 rings (SSSR count). The van der Waals surface area contributed by atoms with Gasteiger partial charge in [0.05, 0.1) is 0 Å². The predicted molar refractivity (Wildman–Crippen MR) is 72.0 cm³/mol. The Balaban J connectivity index is 2.11. The van der Waals surface area contributed by atoms with Crippen LogP contribution in [0, 0.1) is 0 Å². The van der Waals surface area contributed by atoms with Crippen molar-refractivity contribution < 1.29 is 0 Å². The van der Waals surface area contributed by atoms with Crippen molar-refractivity contribution in [2.45, 2.75) is 44.7 Å². The minimum atomic E-state index is 0.644. The van der Waals surface area contributed by atoms with Gasteiger partial charge in [-0.05, 0) is 30.4 Å². The van der Waals surface area contributed by atoms with E-state index in [0.29, 0.717) is 12.6 Å². The van der Waals surface area contributed by atoms with Crippen molar-refractivity contribution in [1.29, 1.82) is 0 Å². The molecular formula is C15H20N2. The average molecular weight is 228 g/mol. The molecule has 1 aromatic carbocycles. The lowest BCUT2D eigenvalue weighted by Gasteiger charge is -2.26. The monoisotopic (exact) mass is 228 g/mol. The normalized spacial score (nSPS) is 17.7. The van der Waals surface area contributed by atoms with E-state index in [4.69, 9.17) is 5.73 Å². The molecule has 0 unspecified atom stereocenters. The Morgan fingerprint density at radius 3 is 2.65 bits per heavy atom. The summed E-state index contributed by atoms with van der Waals surface area (Å²) in [5, 5.41) is 1.33. The summed E-state index contributed by atoms with van der Waals surface area (Å²) in [6, 6.07) is 11.6. The van der Waals surface area contributed by atoms with Crippen molar-refractivity contribution in [2.24, 2.45) is 5.73 Å². The van der Waals surface area contributed by atoms with Crippen LogP contribution in [0.2, 0.25) is 0 Å². The summed E-state index contributed by atoms with van der Waals surface area (Å²) in [5.41, 5.74) is 8.55. The second-order valence-corrected chi connectivity index (χ2v) is 5.06. The number of para-hydroxylation sites is 1. The van der Waals surface area contributed by atoms with Crippen LogP contribution in [0.15, 0.2) is 30.3 Å². The summed E-state index contributed by atoms with van der Waals surface area (Å²) in [6.07, 6.45) is 6.74. The summed E-state index contributed by atoms with van der Waals surface area (Å²) in [6.45, 7) is 0.644. The second-order valence-electron chi connectivity index (χ2n) is 5.06. The highest BCUT2D eigenvalue weighted by molar-refractivity contribution is 5.81. The molecule has 17 heavy (non-hydrogen) atoms. The number of aromatic nitrogens is 1. The summed E-state index contributed by atoms with van der Waals surface area (Å²) in [5.74, 6) is 0. The van der Waals surface area contributed by atoms with Crippen LogP contribution in [0.25, 0.3) is 10.9 Å². The molecule has 0 spiro atoms. The molecule has 0 aliphatic heterocycles. The molecule has 2 heteroatoms. The zero-order valence-electron chi connectivity index (χ0n) is 10.2. The number of benzene rings is 1. The lowest BCUT2D eigenvalue weighted by molar-refractivity contribution is 0.354. The Morgan fingerprint density at radius 2 is 1.88 bits per heavy atom. The predicted octanol–water partition coefficient (Wildman–Crippen LogP) is 3.61. The van der Waals surface area contributed by atoms with Gasteiger partial charge in [-0.25, -0.2) is 0 Å². The Hall–Kier alpha value is -1.28. The molecule has 0 amide bonds. The van der Waals surface area contributed by atoms with E-state index in [9.17, 15) is 0 Å². The van der Waals surface area contributed by atoms with E-state index in [-0.39, 0.29) is 0 Å². The van der Waals surface area contributed by atoms with Crippen LogP contribution in [-0.2, 0) is 6.54 Å². The topological polar surface area (TPSA) is 30.9 Å². The zero-order chi connectivity index (χ0) is 11.7. The van der Waals surface area contributed by atoms with Gasteiger partial charge >= 0.3 is 0 Å². The summed E-state index contributed by atoms with van der Waals surface area (Å²) < 4.78 is 2.49. The number of fused-ring (bicyclic) bond motifs is 1. The fourth-order valence-electron chi connectivity index (χ4n) is 3.16. The minimum absolute atomic E-state index is 0.644. The molecule has 0 radical (unpaired) electrons. The molecule has 1 aromatic heterocycles. The third-order valence-electron chi connectivity index (χ3n) is 3.98. The van der Waals surface area contributed by atoms with E-state index >= 15 is 0 Å². The number of nitrogens with two attached hydrogens (primary N) is 1. The lowest BCUT2D eigenvalue weighted by atomic mass is 9.95. The van der Waals surface area contributed by atoms with Gasteiger partial charge in [0.1, 0.15) is 0 Å². The van der Waals surface area contributed by atoms with E-state index in [1.807, 2.05) is 0 Å². The Labute approximate surface area is 102 Å². The maximum atomic E-state index is 5.90. The van der Waals surface area contributed by atoms with Gasteiger partial charge in [0.2, 0.25) is 0 Å². The van der Waals surface area contributed by atoms with Gasteiger partial charge in [-0.15, -0.1) is 0 Å². The largest absolute Gasteiger partial charge is 0.340 e. The highest BCUT2D eigenvalue weighted by Crippen LogP contribution is 2.33. The number of rotatable bonds is 2. The Kier molecular flexibility index (Phi) is 2.89. The third kappa shape index (κ3) is 1.87. The fraction of sp³-hybridized carbons (Fsp3) is 0.467. The van der Waals surface area contributed by atoms with Crippen LogP contribution >= 0.6 is 0 Å². The van der Waals surface area contributed by atoms with Crippen LogP contribution in [0.3, 0.4) is 0 Å². The molecule has 2 aromatic rings. The van der Waals surface area contributed by atoms with E-state index < -0.39 is 0 Å². The van der Waals surface area contributed by atoms with Gasteiger partial charge in [-0.2, -0.15) is 0 Å². The van der Waals surface area contributed by atoms with E-state index in [2.05, 4.69) is 34.9 Å². The first-order chi connectivity index (χ1) is 8.40. The van der Waals surface area contributed by atoms with Gasteiger partial charge in [0, 0.05) is 23.8 Å². The average Bonchev–Trinajstić information content (AvgIpc) is 2.78. The van der Waals surface area contributed by atoms with Crippen molar-refractivity contribution >= 4 is 10.9 Å². The van der Waals surface area contributed by atoms with Crippen molar-refractivity contribution in [3.05, 3.63) is 36.0 Å². The van der Waals surface area contributed by atoms with Crippen LogP contribution in [0.4, 0.5) is 0 Å². The number of hydrogen-bond donors (Lipinski definition) is 1. The SMILES string of the molecule is NCc1cc2ccccc2n1C1CCCCC1. The molecule has 1 saturated carbocycles. The third-order valence-corrected chi connectivity index (χ3v) is 3.98. The summed E-state index contributed by atoms with van der Waals surface area (Å²) >= 11 is 0. The second kappa shape index (κ2) is 4.53. The molecule has 1 aliphatic carbocycles. The molecule has 1 heterocycles. The van der Waals surface area contributed by atoms with Crippen molar-refractivity contribution in [3.8, 4) is 0 Å². The van der Waals surface area contributed by atoms with Crippen LogP contribution in [0.1, 0.15) is 43.8 Å². The highest BCUT2D eigenvalue weighted by Gasteiger charge is 2.19.